The van der Waals surface area contributed by atoms with Gasteiger partial charge in [-0.1, -0.05) is 6.42 Å². The van der Waals surface area contributed by atoms with E-state index in [2.05, 4.69) is 10.3 Å². The second-order valence-electron chi connectivity index (χ2n) is 5.14. The third-order valence-electron chi connectivity index (χ3n) is 3.75. The Bertz CT molecular complexity index is 530. The highest BCUT2D eigenvalue weighted by molar-refractivity contribution is 7.90. The molecule has 2 N–H and O–H groups in total. The molecule has 1 heterocycles. The van der Waals surface area contributed by atoms with E-state index in [1.807, 2.05) is 0 Å². The summed E-state index contributed by atoms with van der Waals surface area (Å²) in [7, 11) is -3.27. The maximum absolute atomic E-state index is 11.7. The van der Waals surface area contributed by atoms with Gasteiger partial charge in [0.1, 0.15) is 10.7 Å². The number of aliphatic hydroxyl groups is 1. The first kappa shape index (κ1) is 14.3. The number of nitrogens with one attached hydrogen (secondary N) is 1. The Morgan fingerprint density at radius 3 is 2.84 bits per heavy atom. The van der Waals surface area contributed by atoms with Crippen LogP contribution in [-0.4, -0.2) is 37.9 Å². The number of pyridine rings is 1. The van der Waals surface area contributed by atoms with Crippen molar-refractivity contribution in [2.24, 2.45) is 11.8 Å². The molecule has 0 radical (unpaired) electrons. The first-order chi connectivity index (χ1) is 9.02. The molecule has 1 aliphatic carbocycles. The van der Waals surface area contributed by atoms with E-state index in [1.165, 1.54) is 6.26 Å². The molecule has 0 amide bonds. The van der Waals surface area contributed by atoms with E-state index in [4.69, 9.17) is 0 Å². The highest BCUT2D eigenvalue weighted by atomic mass is 32.2. The number of nitrogens with zero attached hydrogens (tertiary/aromatic N) is 1. The molecule has 2 unspecified atom stereocenters. The third-order valence-corrected chi connectivity index (χ3v) is 4.88. The highest BCUT2D eigenvalue weighted by Gasteiger charge is 2.26. The fraction of sp³-hybridized carbons (Fsp3) is 0.615. The minimum atomic E-state index is -3.27. The topological polar surface area (TPSA) is 79.3 Å². The predicted octanol–water partition coefficient (Wildman–Crippen LogP) is 1.31. The fourth-order valence-corrected chi connectivity index (χ4v) is 3.47. The number of hydrogen-bond donors (Lipinski definition) is 2. The molecule has 0 aliphatic heterocycles. The van der Waals surface area contributed by atoms with E-state index in [0.717, 1.165) is 19.3 Å². The van der Waals surface area contributed by atoms with Crippen LogP contribution in [0.2, 0.25) is 0 Å². The number of anilines is 1. The molecule has 2 rings (SSSR count). The molecule has 1 aromatic rings. The van der Waals surface area contributed by atoms with E-state index in [-0.39, 0.29) is 11.5 Å². The van der Waals surface area contributed by atoms with Crippen molar-refractivity contribution < 1.29 is 13.5 Å². The molecule has 106 valence electrons. The molecular formula is C13H20N2O3S. The van der Waals surface area contributed by atoms with Gasteiger partial charge in [0, 0.05) is 25.6 Å². The molecule has 1 saturated carbocycles. The van der Waals surface area contributed by atoms with Crippen LogP contribution in [0.1, 0.15) is 19.3 Å². The van der Waals surface area contributed by atoms with Crippen LogP contribution >= 0.6 is 0 Å². The van der Waals surface area contributed by atoms with Crippen LogP contribution in [0.3, 0.4) is 0 Å². The number of aliphatic hydroxyl groups excluding tert-OH is 1. The zero-order chi connectivity index (χ0) is 13.9. The molecule has 19 heavy (non-hydrogen) atoms. The van der Waals surface area contributed by atoms with Crippen LogP contribution in [0, 0.1) is 11.8 Å². The van der Waals surface area contributed by atoms with Gasteiger partial charge in [-0.15, -0.1) is 0 Å². The molecule has 6 heteroatoms. The Hall–Kier alpha value is -1.14. The predicted molar refractivity (Wildman–Crippen MR) is 73.8 cm³/mol. The SMILES string of the molecule is CS(=O)(=O)c1cccnc1NCC1CCCC1CO. The van der Waals surface area contributed by atoms with Crippen molar-refractivity contribution >= 4 is 15.7 Å². The fourth-order valence-electron chi connectivity index (χ4n) is 2.67. The molecule has 0 bridgehead atoms. The Morgan fingerprint density at radius 1 is 1.42 bits per heavy atom. The molecule has 0 aromatic carbocycles. The summed E-state index contributed by atoms with van der Waals surface area (Å²) < 4.78 is 23.3. The van der Waals surface area contributed by atoms with Crippen molar-refractivity contribution in [2.45, 2.75) is 24.2 Å². The van der Waals surface area contributed by atoms with Gasteiger partial charge in [0.2, 0.25) is 0 Å². The highest BCUT2D eigenvalue weighted by Crippen LogP contribution is 2.31. The van der Waals surface area contributed by atoms with Crippen molar-refractivity contribution in [1.82, 2.24) is 4.98 Å². The minimum Gasteiger partial charge on any atom is -0.396 e. The molecular weight excluding hydrogens is 264 g/mol. The van der Waals surface area contributed by atoms with Crippen molar-refractivity contribution in [2.75, 3.05) is 24.7 Å². The lowest BCUT2D eigenvalue weighted by molar-refractivity contribution is 0.199. The maximum Gasteiger partial charge on any atom is 0.179 e. The van der Waals surface area contributed by atoms with Gasteiger partial charge in [0.25, 0.3) is 0 Å². The lowest BCUT2D eigenvalue weighted by atomic mass is 9.97. The molecule has 1 fully saturated rings. The summed E-state index contributed by atoms with van der Waals surface area (Å²) in [6, 6.07) is 3.18. The molecule has 0 saturated heterocycles. The van der Waals surface area contributed by atoms with Crippen LogP contribution in [-0.2, 0) is 9.84 Å². The van der Waals surface area contributed by atoms with Gasteiger partial charge in [-0.05, 0) is 36.8 Å². The average molecular weight is 284 g/mol. The quantitative estimate of drug-likeness (QED) is 0.852. The number of sulfone groups is 1. The zero-order valence-corrected chi connectivity index (χ0v) is 11.9. The summed E-state index contributed by atoms with van der Waals surface area (Å²) in [5.41, 5.74) is 0. The molecule has 5 nitrogen and oxygen atoms in total. The molecule has 1 aromatic heterocycles. The van der Waals surface area contributed by atoms with Crippen LogP contribution < -0.4 is 5.32 Å². The lowest BCUT2D eigenvalue weighted by Gasteiger charge is -2.18. The number of rotatable bonds is 5. The Balaban J connectivity index is 2.08. The van der Waals surface area contributed by atoms with Crippen LogP contribution in [0.25, 0.3) is 0 Å². The molecule has 0 spiro atoms. The summed E-state index contributed by atoms with van der Waals surface area (Å²) in [5.74, 6) is 1.12. The van der Waals surface area contributed by atoms with Gasteiger partial charge in [-0.25, -0.2) is 13.4 Å². The standard InChI is InChI=1S/C13H20N2O3S/c1-19(17,18)12-6-3-7-14-13(12)15-8-10-4-2-5-11(10)9-16/h3,6-7,10-11,16H,2,4-5,8-9H2,1H3,(H,14,15). The summed E-state index contributed by atoms with van der Waals surface area (Å²) in [6.07, 6.45) is 6.00. The van der Waals surface area contributed by atoms with E-state index < -0.39 is 9.84 Å². The summed E-state index contributed by atoms with van der Waals surface area (Å²) in [4.78, 5) is 4.33. The Morgan fingerprint density at radius 2 is 2.16 bits per heavy atom. The van der Waals surface area contributed by atoms with Crippen molar-refractivity contribution in [3.05, 3.63) is 18.3 Å². The first-order valence-corrected chi connectivity index (χ1v) is 8.41. The molecule has 2 atom stereocenters. The monoisotopic (exact) mass is 284 g/mol. The zero-order valence-electron chi connectivity index (χ0n) is 11.0. The Labute approximate surface area is 114 Å². The second kappa shape index (κ2) is 5.88. The van der Waals surface area contributed by atoms with Gasteiger partial charge in [-0.3, -0.25) is 0 Å². The largest absolute Gasteiger partial charge is 0.396 e. The van der Waals surface area contributed by atoms with Crippen molar-refractivity contribution in [3.8, 4) is 0 Å². The second-order valence-corrected chi connectivity index (χ2v) is 7.12. The smallest absolute Gasteiger partial charge is 0.179 e. The van der Waals surface area contributed by atoms with Gasteiger partial charge in [-0.2, -0.15) is 0 Å². The number of hydrogen-bond acceptors (Lipinski definition) is 5. The minimum absolute atomic E-state index is 0.202. The van der Waals surface area contributed by atoms with Gasteiger partial charge in [0.05, 0.1) is 0 Å². The summed E-state index contributed by atoms with van der Waals surface area (Å²) in [5, 5.41) is 12.4. The van der Waals surface area contributed by atoms with Gasteiger partial charge < -0.3 is 10.4 Å². The number of aromatic nitrogens is 1. The normalized spacial score (nSPS) is 23.5. The first-order valence-electron chi connectivity index (χ1n) is 6.52. The average Bonchev–Trinajstić information content (AvgIpc) is 2.83. The Kier molecular flexibility index (Phi) is 4.42. The third kappa shape index (κ3) is 3.45. The van der Waals surface area contributed by atoms with Gasteiger partial charge in [0.15, 0.2) is 9.84 Å². The van der Waals surface area contributed by atoms with Gasteiger partial charge >= 0.3 is 0 Å². The van der Waals surface area contributed by atoms with E-state index in [9.17, 15) is 13.5 Å². The van der Waals surface area contributed by atoms with Crippen LogP contribution in [0.4, 0.5) is 5.82 Å². The summed E-state index contributed by atoms with van der Waals surface area (Å²) in [6.45, 7) is 0.859. The molecule has 1 aliphatic rings. The van der Waals surface area contributed by atoms with E-state index in [0.29, 0.717) is 24.2 Å². The maximum atomic E-state index is 11.7. The summed E-state index contributed by atoms with van der Waals surface area (Å²) >= 11 is 0. The van der Waals surface area contributed by atoms with Crippen LogP contribution in [0.15, 0.2) is 23.2 Å². The van der Waals surface area contributed by atoms with E-state index >= 15 is 0 Å². The van der Waals surface area contributed by atoms with Crippen molar-refractivity contribution in [3.63, 3.8) is 0 Å². The lowest BCUT2D eigenvalue weighted by Crippen LogP contribution is -2.22. The van der Waals surface area contributed by atoms with Crippen molar-refractivity contribution in [1.29, 1.82) is 0 Å². The van der Waals surface area contributed by atoms with E-state index in [1.54, 1.807) is 18.3 Å². The van der Waals surface area contributed by atoms with Crippen LogP contribution in [0.5, 0.6) is 0 Å².